The predicted octanol–water partition coefficient (Wildman–Crippen LogP) is 4.30. The van der Waals surface area contributed by atoms with Gasteiger partial charge in [0.1, 0.15) is 17.3 Å². The highest BCUT2D eigenvalue weighted by Gasteiger charge is 2.17. The van der Waals surface area contributed by atoms with Crippen molar-refractivity contribution in [3.63, 3.8) is 0 Å². The molecule has 2 heterocycles. The molecule has 8 heteroatoms. The van der Waals surface area contributed by atoms with Gasteiger partial charge in [0.2, 0.25) is 5.76 Å². The molecule has 164 valence electrons. The maximum Gasteiger partial charge on any atom is 0.331 e. The van der Waals surface area contributed by atoms with Crippen molar-refractivity contribution in [3.05, 3.63) is 83.4 Å². The van der Waals surface area contributed by atoms with Crippen molar-refractivity contribution in [2.45, 2.75) is 13.8 Å². The molecule has 2 aromatic carbocycles. The monoisotopic (exact) mass is 440 g/mol. The first kappa shape index (κ1) is 21.6. The Hall–Kier alpha value is -4.64. The van der Waals surface area contributed by atoms with Crippen LogP contribution in [0.5, 0.6) is 0 Å². The summed E-state index contributed by atoms with van der Waals surface area (Å²) in [6.07, 6.45) is 2.88. The minimum absolute atomic E-state index is 0.0165. The Morgan fingerprint density at radius 2 is 1.88 bits per heavy atom. The van der Waals surface area contributed by atoms with E-state index in [0.29, 0.717) is 11.0 Å². The number of nitrogens with zero attached hydrogens (tertiary/aromatic N) is 3. The number of anilines is 1. The lowest BCUT2D eigenvalue weighted by Crippen LogP contribution is -2.20. The summed E-state index contributed by atoms with van der Waals surface area (Å²) in [6.45, 7) is 3.26. The van der Waals surface area contributed by atoms with Crippen LogP contribution in [0.15, 0.2) is 65.1 Å². The fourth-order valence-electron chi connectivity index (χ4n) is 3.48. The number of aryl methyl sites for hydroxylation is 1. The standard InChI is InChI=1S/C25H20N4O4/c1-16-19(17(2)29(28-16)18-8-4-3-5-9-18)12-13-24(31)32-15-23(30)27-25-20-10-6-7-11-21(20)33-22(25)14-26/h3-13H,15H2,1-2H3,(H,27,30). The SMILES string of the molecule is Cc1nn(-c2ccccc2)c(C)c1C=CC(=O)OCC(=O)Nc1c(C#N)oc2ccccc12. The van der Waals surface area contributed by atoms with Crippen molar-refractivity contribution < 1.29 is 18.7 Å². The molecule has 0 aliphatic heterocycles. The van der Waals surface area contributed by atoms with E-state index in [4.69, 9.17) is 9.15 Å². The fraction of sp³-hybridized carbons (Fsp3) is 0.120. The molecule has 0 saturated carbocycles. The van der Waals surface area contributed by atoms with E-state index in [0.717, 1.165) is 22.6 Å². The summed E-state index contributed by atoms with van der Waals surface area (Å²) in [5.41, 5.74) is 4.07. The van der Waals surface area contributed by atoms with Crippen LogP contribution in [-0.2, 0) is 14.3 Å². The second kappa shape index (κ2) is 9.24. The van der Waals surface area contributed by atoms with E-state index in [1.54, 1.807) is 35.0 Å². The molecule has 4 rings (SSSR count). The van der Waals surface area contributed by atoms with Crippen LogP contribution in [0.1, 0.15) is 22.7 Å². The topological polar surface area (TPSA) is 110 Å². The number of hydrogen-bond donors (Lipinski definition) is 1. The van der Waals surface area contributed by atoms with E-state index in [-0.39, 0.29) is 11.4 Å². The minimum Gasteiger partial charge on any atom is -0.452 e. The van der Waals surface area contributed by atoms with Crippen molar-refractivity contribution in [1.29, 1.82) is 5.26 Å². The molecule has 0 bridgehead atoms. The van der Waals surface area contributed by atoms with E-state index < -0.39 is 18.5 Å². The van der Waals surface area contributed by atoms with Gasteiger partial charge >= 0.3 is 5.97 Å². The summed E-state index contributed by atoms with van der Waals surface area (Å²) in [7, 11) is 0. The maximum atomic E-state index is 12.3. The number of carbonyl (C=O) groups excluding carboxylic acids is 2. The van der Waals surface area contributed by atoms with E-state index in [2.05, 4.69) is 10.4 Å². The predicted molar refractivity (Wildman–Crippen MR) is 123 cm³/mol. The lowest BCUT2D eigenvalue weighted by molar-refractivity contribution is -0.142. The normalized spacial score (nSPS) is 10.9. The van der Waals surface area contributed by atoms with E-state index in [9.17, 15) is 14.9 Å². The molecule has 2 aromatic heterocycles. The Kier molecular flexibility index (Phi) is 6.04. The number of carbonyl (C=O) groups is 2. The molecule has 33 heavy (non-hydrogen) atoms. The largest absolute Gasteiger partial charge is 0.452 e. The number of nitriles is 1. The first-order chi connectivity index (χ1) is 16.0. The fourth-order valence-corrected chi connectivity index (χ4v) is 3.48. The number of benzene rings is 2. The maximum absolute atomic E-state index is 12.3. The van der Waals surface area contributed by atoms with Crippen LogP contribution in [0.4, 0.5) is 5.69 Å². The highest BCUT2D eigenvalue weighted by atomic mass is 16.5. The lowest BCUT2D eigenvalue weighted by Gasteiger charge is -2.04. The quantitative estimate of drug-likeness (QED) is 0.354. The third kappa shape index (κ3) is 4.52. The lowest BCUT2D eigenvalue weighted by atomic mass is 10.2. The van der Waals surface area contributed by atoms with Crippen LogP contribution in [0.2, 0.25) is 0 Å². The van der Waals surface area contributed by atoms with Gasteiger partial charge in [0.15, 0.2) is 6.61 Å². The average Bonchev–Trinajstić information content (AvgIpc) is 3.33. The molecule has 0 unspecified atom stereocenters. The first-order valence-electron chi connectivity index (χ1n) is 10.2. The number of amides is 1. The van der Waals surface area contributed by atoms with Crippen LogP contribution >= 0.6 is 0 Å². The van der Waals surface area contributed by atoms with Gasteiger partial charge in [0.25, 0.3) is 5.91 Å². The second-order valence-electron chi connectivity index (χ2n) is 7.24. The van der Waals surface area contributed by atoms with Gasteiger partial charge in [-0.3, -0.25) is 4.79 Å². The number of esters is 1. The summed E-state index contributed by atoms with van der Waals surface area (Å²) in [6, 6.07) is 18.5. The Bertz CT molecular complexity index is 1410. The molecule has 0 atom stereocenters. The molecule has 8 nitrogen and oxygen atoms in total. The summed E-state index contributed by atoms with van der Waals surface area (Å²) >= 11 is 0. The van der Waals surface area contributed by atoms with Crippen molar-refractivity contribution >= 4 is 34.6 Å². The number of rotatable bonds is 6. The van der Waals surface area contributed by atoms with Crippen LogP contribution in [0.3, 0.4) is 0 Å². The van der Waals surface area contributed by atoms with Crippen molar-refractivity contribution in [3.8, 4) is 11.8 Å². The van der Waals surface area contributed by atoms with Crippen molar-refractivity contribution in [1.82, 2.24) is 9.78 Å². The summed E-state index contributed by atoms with van der Waals surface area (Å²) < 4.78 is 12.3. The average molecular weight is 440 g/mol. The Morgan fingerprint density at radius 3 is 2.64 bits per heavy atom. The highest BCUT2D eigenvalue weighted by molar-refractivity contribution is 6.03. The molecule has 0 saturated heterocycles. The number of hydrogen-bond acceptors (Lipinski definition) is 6. The molecule has 0 radical (unpaired) electrons. The smallest absolute Gasteiger partial charge is 0.331 e. The van der Waals surface area contributed by atoms with Crippen LogP contribution in [0.25, 0.3) is 22.7 Å². The van der Waals surface area contributed by atoms with Gasteiger partial charge in [-0.25, -0.2) is 9.48 Å². The zero-order chi connectivity index (χ0) is 23.4. The Balaban J connectivity index is 1.40. The van der Waals surface area contributed by atoms with Crippen LogP contribution < -0.4 is 5.32 Å². The van der Waals surface area contributed by atoms with Gasteiger partial charge in [-0.05, 0) is 44.2 Å². The summed E-state index contributed by atoms with van der Waals surface area (Å²) in [4.78, 5) is 24.5. The molecule has 0 aliphatic carbocycles. The summed E-state index contributed by atoms with van der Waals surface area (Å²) in [5, 5.41) is 17.0. The molecular formula is C25H20N4O4. The van der Waals surface area contributed by atoms with E-state index in [1.165, 1.54) is 6.08 Å². The van der Waals surface area contributed by atoms with Crippen molar-refractivity contribution in [2.75, 3.05) is 11.9 Å². The van der Waals surface area contributed by atoms with Gasteiger partial charge < -0.3 is 14.5 Å². The third-order valence-electron chi connectivity index (χ3n) is 5.04. The van der Waals surface area contributed by atoms with E-state index in [1.807, 2.05) is 50.2 Å². The number of furan rings is 1. The zero-order valence-corrected chi connectivity index (χ0v) is 18.0. The van der Waals surface area contributed by atoms with Gasteiger partial charge in [-0.2, -0.15) is 10.4 Å². The molecule has 0 aliphatic rings. The number of nitrogens with one attached hydrogen (secondary N) is 1. The Labute approximate surface area is 189 Å². The minimum atomic E-state index is -0.672. The molecule has 0 spiro atoms. The van der Waals surface area contributed by atoms with Gasteiger partial charge in [-0.1, -0.05) is 30.3 Å². The van der Waals surface area contributed by atoms with Crippen LogP contribution in [-0.4, -0.2) is 28.3 Å². The molecular weight excluding hydrogens is 420 g/mol. The van der Waals surface area contributed by atoms with Crippen molar-refractivity contribution in [2.24, 2.45) is 0 Å². The highest BCUT2D eigenvalue weighted by Crippen LogP contribution is 2.30. The number of para-hydroxylation sites is 2. The first-order valence-corrected chi connectivity index (χ1v) is 10.2. The number of aromatic nitrogens is 2. The zero-order valence-electron chi connectivity index (χ0n) is 18.0. The molecule has 1 N–H and O–H groups in total. The number of fused-ring (bicyclic) bond motifs is 1. The summed E-state index contributed by atoms with van der Waals surface area (Å²) in [5.74, 6) is -1.27. The van der Waals surface area contributed by atoms with Gasteiger partial charge in [-0.15, -0.1) is 0 Å². The Morgan fingerprint density at radius 1 is 1.15 bits per heavy atom. The van der Waals surface area contributed by atoms with Crippen LogP contribution in [0, 0.1) is 25.2 Å². The molecule has 4 aromatic rings. The molecule has 1 amide bonds. The second-order valence-corrected chi connectivity index (χ2v) is 7.24. The van der Waals surface area contributed by atoms with E-state index >= 15 is 0 Å². The third-order valence-corrected chi connectivity index (χ3v) is 5.04. The number of ether oxygens (including phenoxy) is 1. The van der Waals surface area contributed by atoms with Gasteiger partial charge in [0.05, 0.1) is 11.4 Å². The molecule has 0 fully saturated rings. The van der Waals surface area contributed by atoms with Gasteiger partial charge in [0, 0.05) is 22.7 Å².